The highest BCUT2D eigenvalue weighted by Crippen LogP contribution is 2.51. The Morgan fingerprint density at radius 2 is 0.250 bits per heavy atom. The van der Waals surface area contributed by atoms with Gasteiger partial charge in [-0.1, -0.05) is 243 Å². The summed E-state index contributed by atoms with van der Waals surface area (Å²) < 4.78 is 0. The number of benzene rings is 8. The van der Waals surface area contributed by atoms with E-state index in [-0.39, 0.29) is 0 Å². The Hall–Kier alpha value is -6.40. The summed E-state index contributed by atoms with van der Waals surface area (Å²) in [6.45, 7) is 0. The molecule has 0 saturated heterocycles. The van der Waals surface area contributed by atoms with Gasteiger partial charge in [0.25, 0.3) is 0 Å². The van der Waals surface area contributed by atoms with Gasteiger partial charge < -0.3 is 20.4 Å². The largest absolute Gasteiger partial charge is 0.377 e. The smallest absolute Gasteiger partial charge is 0.152 e. The average molecular weight is 733 g/mol. The lowest BCUT2D eigenvalue weighted by atomic mass is 9.66. The predicted octanol–water partition coefficient (Wildman–Crippen LogP) is 9.72. The van der Waals surface area contributed by atoms with Crippen LogP contribution in [-0.2, 0) is 22.4 Å². The highest BCUT2D eigenvalue weighted by molar-refractivity contribution is 5.52. The van der Waals surface area contributed by atoms with Gasteiger partial charge in [0.2, 0.25) is 0 Å². The molecule has 0 bridgehead atoms. The van der Waals surface area contributed by atoms with Crippen LogP contribution in [0.25, 0.3) is 0 Å². The molecular formula is C52H44O4. The maximum atomic E-state index is 12.3. The molecule has 0 atom stereocenters. The number of hydrogen-bond donors (Lipinski definition) is 4. The van der Waals surface area contributed by atoms with Crippen LogP contribution in [0.2, 0.25) is 0 Å². The molecule has 0 fully saturated rings. The molecule has 8 aromatic carbocycles. The molecular weight excluding hydrogens is 689 g/mol. The molecule has 4 nitrogen and oxygen atoms in total. The van der Waals surface area contributed by atoms with E-state index in [9.17, 15) is 20.4 Å². The van der Waals surface area contributed by atoms with Crippen molar-refractivity contribution in [2.24, 2.45) is 0 Å². The molecule has 0 radical (unpaired) electrons. The normalized spacial score (nSPS) is 11.9. The monoisotopic (exact) mass is 732 g/mol. The Kier molecular flexibility index (Phi) is 11.2. The van der Waals surface area contributed by atoms with Crippen LogP contribution in [0.4, 0.5) is 0 Å². The van der Waals surface area contributed by atoms with E-state index in [1.807, 2.05) is 243 Å². The second kappa shape index (κ2) is 16.5. The summed E-state index contributed by atoms with van der Waals surface area (Å²) in [6, 6.07) is 74.8. The number of hydrogen-bond acceptors (Lipinski definition) is 4. The molecule has 0 heterocycles. The molecule has 4 heteroatoms. The second-order valence-corrected chi connectivity index (χ2v) is 13.8. The molecule has 0 aromatic heterocycles. The summed E-state index contributed by atoms with van der Waals surface area (Å²) in [4.78, 5) is 0. The Balaban J connectivity index is 0.000000172. The molecule has 0 aliphatic carbocycles. The lowest BCUT2D eigenvalue weighted by molar-refractivity contribution is -0.113. The van der Waals surface area contributed by atoms with E-state index >= 15 is 0 Å². The highest BCUT2D eigenvalue weighted by atomic mass is 16.4. The molecule has 276 valence electrons. The van der Waals surface area contributed by atoms with Crippen molar-refractivity contribution in [1.29, 1.82) is 0 Å². The summed E-state index contributed by atoms with van der Waals surface area (Å²) in [5.74, 6) is 0. The topological polar surface area (TPSA) is 80.9 Å². The minimum Gasteiger partial charge on any atom is -0.377 e. The van der Waals surface area contributed by atoms with Gasteiger partial charge in [-0.2, -0.15) is 0 Å². The van der Waals surface area contributed by atoms with Gasteiger partial charge in [-0.3, -0.25) is 0 Å². The van der Waals surface area contributed by atoms with Crippen molar-refractivity contribution in [1.82, 2.24) is 0 Å². The van der Waals surface area contributed by atoms with Crippen LogP contribution >= 0.6 is 0 Å². The summed E-state index contributed by atoms with van der Waals surface area (Å²) in [7, 11) is 0. The van der Waals surface area contributed by atoms with Crippen LogP contribution in [0.3, 0.4) is 0 Å². The maximum absolute atomic E-state index is 12.3. The highest BCUT2D eigenvalue weighted by Gasteiger charge is 2.55. The fourth-order valence-electron chi connectivity index (χ4n) is 7.77. The second-order valence-electron chi connectivity index (χ2n) is 13.8. The van der Waals surface area contributed by atoms with E-state index in [4.69, 9.17) is 0 Å². The van der Waals surface area contributed by atoms with Crippen molar-refractivity contribution in [2.45, 2.75) is 22.4 Å². The third kappa shape index (κ3) is 6.77. The van der Waals surface area contributed by atoms with Crippen LogP contribution in [0.5, 0.6) is 0 Å². The SMILES string of the molecule is OC(c1ccccc1)(c1ccccc1)C(O)(c1ccccc1)c1ccccc1.OC(c1ccccc1)(c1ccccc1)C(O)(c1ccccc1)c1ccccc1. The van der Waals surface area contributed by atoms with Crippen molar-refractivity contribution in [2.75, 3.05) is 0 Å². The summed E-state index contributed by atoms with van der Waals surface area (Å²) in [5, 5.41) is 49.3. The van der Waals surface area contributed by atoms with Gasteiger partial charge in [0.15, 0.2) is 22.4 Å². The molecule has 4 N–H and O–H groups in total. The first-order chi connectivity index (χ1) is 27.3. The standard InChI is InChI=1S/2C26H22O2/c2*27-25(21-13-5-1-6-14-21,22-15-7-2-8-16-22)26(28,23-17-9-3-10-18-23)24-19-11-4-12-20-24/h2*1-20,27-28H. The third-order valence-corrected chi connectivity index (χ3v) is 10.6. The number of aliphatic hydroxyl groups is 4. The van der Waals surface area contributed by atoms with Crippen molar-refractivity contribution < 1.29 is 20.4 Å². The van der Waals surface area contributed by atoms with Gasteiger partial charge in [-0.05, 0) is 44.5 Å². The third-order valence-electron chi connectivity index (χ3n) is 10.6. The molecule has 0 saturated carbocycles. The Morgan fingerprint density at radius 1 is 0.161 bits per heavy atom. The Labute approximate surface area is 328 Å². The Morgan fingerprint density at radius 3 is 0.339 bits per heavy atom. The van der Waals surface area contributed by atoms with Gasteiger partial charge in [-0.15, -0.1) is 0 Å². The molecule has 0 aliphatic heterocycles. The minimum atomic E-state index is -1.70. The maximum Gasteiger partial charge on any atom is 0.152 e. The molecule has 8 rings (SSSR count). The van der Waals surface area contributed by atoms with Crippen molar-refractivity contribution in [3.8, 4) is 0 Å². The molecule has 56 heavy (non-hydrogen) atoms. The van der Waals surface area contributed by atoms with Crippen LogP contribution in [0, 0.1) is 0 Å². The van der Waals surface area contributed by atoms with Crippen molar-refractivity contribution in [3.63, 3.8) is 0 Å². The van der Waals surface area contributed by atoms with Crippen LogP contribution < -0.4 is 0 Å². The zero-order valence-corrected chi connectivity index (χ0v) is 30.9. The minimum absolute atomic E-state index is 0.622. The van der Waals surface area contributed by atoms with E-state index in [1.165, 1.54) is 0 Å². The quantitative estimate of drug-likeness (QED) is 0.113. The molecule has 0 aliphatic rings. The van der Waals surface area contributed by atoms with Crippen molar-refractivity contribution >= 4 is 0 Å². The zero-order valence-electron chi connectivity index (χ0n) is 30.9. The van der Waals surface area contributed by atoms with E-state index < -0.39 is 22.4 Å². The first kappa shape index (κ1) is 37.9. The summed E-state index contributed by atoms with van der Waals surface area (Å²) >= 11 is 0. The number of rotatable bonds is 10. The van der Waals surface area contributed by atoms with Gasteiger partial charge in [-0.25, -0.2) is 0 Å². The summed E-state index contributed by atoms with van der Waals surface area (Å²) in [5.41, 5.74) is -1.81. The fraction of sp³-hybridized carbons (Fsp3) is 0.0769. The van der Waals surface area contributed by atoms with Crippen LogP contribution in [0.15, 0.2) is 243 Å². The van der Waals surface area contributed by atoms with Gasteiger partial charge in [0.05, 0.1) is 0 Å². The molecule has 0 unspecified atom stereocenters. The lowest BCUT2D eigenvalue weighted by Crippen LogP contribution is -2.51. The van der Waals surface area contributed by atoms with E-state index in [0.29, 0.717) is 44.5 Å². The van der Waals surface area contributed by atoms with E-state index in [0.717, 1.165) is 0 Å². The molecule has 8 aromatic rings. The Bertz CT molecular complexity index is 1870. The van der Waals surface area contributed by atoms with Gasteiger partial charge in [0.1, 0.15) is 0 Å². The van der Waals surface area contributed by atoms with Crippen LogP contribution in [0.1, 0.15) is 44.5 Å². The summed E-state index contributed by atoms with van der Waals surface area (Å²) in [6.07, 6.45) is 0. The first-order valence-corrected chi connectivity index (χ1v) is 18.7. The van der Waals surface area contributed by atoms with Crippen LogP contribution in [-0.4, -0.2) is 20.4 Å². The fourth-order valence-corrected chi connectivity index (χ4v) is 7.77. The van der Waals surface area contributed by atoms with Gasteiger partial charge in [0, 0.05) is 0 Å². The van der Waals surface area contributed by atoms with Crippen molar-refractivity contribution in [3.05, 3.63) is 287 Å². The van der Waals surface area contributed by atoms with Gasteiger partial charge >= 0.3 is 0 Å². The van der Waals surface area contributed by atoms with E-state index in [2.05, 4.69) is 0 Å². The molecule has 0 amide bonds. The average Bonchev–Trinajstić information content (AvgIpc) is 3.30. The van der Waals surface area contributed by atoms with E-state index in [1.54, 1.807) is 0 Å². The zero-order chi connectivity index (χ0) is 38.9. The predicted molar refractivity (Wildman–Crippen MR) is 224 cm³/mol. The first-order valence-electron chi connectivity index (χ1n) is 18.7. The lowest BCUT2D eigenvalue weighted by Gasteiger charge is -2.45. The molecule has 0 spiro atoms.